The molecular formula is C18H21N3. The van der Waals surface area contributed by atoms with E-state index in [4.69, 9.17) is 10.7 Å². The van der Waals surface area contributed by atoms with Crippen LogP contribution in [0, 0.1) is 6.92 Å². The van der Waals surface area contributed by atoms with Gasteiger partial charge in [-0.15, -0.1) is 0 Å². The van der Waals surface area contributed by atoms with Crippen LogP contribution in [0.5, 0.6) is 0 Å². The number of hydrogen-bond acceptors (Lipinski definition) is 2. The molecule has 2 N–H and O–H groups in total. The number of nitrogens with two attached hydrogens (primary N) is 1. The summed E-state index contributed by atoms with van der Waals surface area (Å²) in [6, 6.07) is 12.8. The van der Waals surface area contributed by atoms with Crippen molar-refractivity contribution in [2.24, 2.45) is 5.73 Å². The maximum atomic E-state index is 5.80. The first-order valence-electron chi connectivity index (χ1n) is 7.50. The Morgan fingerprint density at radius 2 is 1.90 bits per heavy atom. The molecule has 0 unspecified atom stereocenters. The van der Waals surface area contributed by atoms with E-state index in [2.05, 4.69) is 60.8 Å². The minimum Gasteiger partial charge on any atom is -0.330 e. The quantitative estimate of drug-likeness (QED) is 0.795. The first kappa shape index (κ1) is 13.8. The van der Waals surface area contributed by atoms with Crippen LogP contribution in [0.1, 0.15) is 23.7 Å². The second-order valence-electron chi connectivity index (χ2n) is 5.38. The molecule has 0 radical (unpaired) electrons. The number of rotatable bonds is 4. The van der Waals surface area contributed by atoms with E-state index in [1.54, 1.807) is 0 Å². The van der Waals surface area contributed by atoms with Crippen LogP contribution in [-0.4, -0.2) is 15.9 Å². The van der Waals surface area contributed by atoms with Crippen LogP contribution >= 0.6 is 0 Å². The van der Waals surface area contributed by atoms with Gasteiger partial charge in [0.25, 0.3) is 0 Å². The summed E-state index contributed by atoms with van der Waals surface area (Å²) in [7, 11) is 0. The van der Waals surface area contributed by atoms with Crippen molar-refractivity contribution in [3.8, 4) is 11.3 Å². The SMILES string of the molecule is CCc1ccc(-c2nc3c(C)cccn3c2CCN)cc1. The van der Waals surface area contributed by atoms with Crippen LogP contribution < -0.4 is 5.73 Å². The van der Waals surface area contributed by atoms with Gasteiger partial charge < -0.3 is 10.1 Å². The van der Waals surface area contributed by atoms with Gasteiger partial charge in [0, 0.05) is 18.2 Å². The van der Waals surface area contributed by atoms with Gasteiger partial charge in [-0.05, 0) is 37.1 Å². The Morgan fingerprint density at radius 3 is 2.57 bits per heavy atom. The molecule has 3 rings (SSSR count). The molecule has 0 spiro atoms. The fourth-order valence-electron chi connectivity index (χ4n) is 2.76. The van der Waals surface area contributed by atoms with Crippen LogP contribution in [0.2, 0.25) is 0 Å². The third-order valence-electron chi connectivity index (χ3n) is 3.96. The molecule has 0 aliphatic rings. The average Bonchev–Trinajstić information content (AvgIpc) is 2.88. The maximum absolute atomic E-state index is 5.80. The molecule has 0 aliphatic carbocycles. The lowest BCUT2D eigenvalue weighted by atomic mass is 10.1. The first-order valence-corrected chi connectivity index (χ1v) is 7.50. The Kier molecular flexibility index (Phi) is 3.76. The van der Waals surface area contributed by atoms with Crippen LogP contribution in [0.3, 0.4) is 0 Å². The second kappa shape index (κ2) is 5.70. The Balaban J connectivity index is 2.20. The summed E-state index contributed by atoms with van der Waals surface area (Å²) in [5.74, 6) is 0. The fraction of sp³-hybridized carbons (Fsp3) is 0.278. The zero-order valence-electron chi connectivity index (χ0n) is 12.6. The Labute approximate surface area is 125 Å². The summed E-state index contributed by atoms with van der Waals surface area (Å²) in [5.41, 5.74) is 12.8. The van der Waals surface area contributed by atoms with Crippen molar-refractivity contribution in [3.63, 3.8) is 0 Å². The highest BCUT2D eigenvalue weighted by molar-refractivity contribution is 5.68. The van der Waals surface area contributed by atoms with Gasteiger partial charge in [0.15, 0.2) is 0 Å². The third kappa shape index (κ3) is 2.45. The van der Waals surface area contributed by atoms with E-state index in [-0.39, 0.29) is 0 Å². The monoisotopic (exact) mass is 279 g/mol. The molecule has 2 aromatic heterocycles. The summed E-state index contributed by atoms with van der Waals surface area (Å²) in [6.45, 7) is 4.89. The van der Waals surface area contributed by atoms with Crippen molar-refractivity contribution in [1.82, 2.24) is 9.38 Å². The maximum Gasteiger partial charge on any atom is 0.140 e. The lowest BCUT2D eigenvalue weighted by molar-refractivity contribution is 0.906. The molecule has 3 nitrogen and oxygen atoms in total. The van der Waals surface area contributed by atoms with E-state index in [0.717, 1.165) is 24.2 Å². The smallest absolute Gasteiger partial charge is 0.140 e. The molecule has 0 bridgehead atoms. The van der Waals surface area contributed by atoms with Crippen LogP contribution in [0.15, 0.2) is 42.6 Å². The van der Waals surface area contributed by atoms with E-state index in [1.165, 1.54) is 22.4 Å². The lowest BCUT2D eigenvalue weighted by Gasteiger charge is -2.05. The van der Waals surface area contributed by atoms with Crippen LogP contribution in [0.25, 0.3) is 16.9 Å². The van der Waals surface area contributed by atoms with Gasteiger partial charge in [0.2, 0.25) is 0 Å². The van der Waals surface area contributed by atoms with Gasteiger partial charge in [-0.25, -0.2) is 4.98 Å². The predicted octanol–water partition coefficient (Wildman–Crippen LogP) is 3.37. The molecule has 1 aromatic carbocycles. The van der Waals surface area contributed by atoms with Gasteiger partial charge in [-0.1, -0.05) is 37.3 Å². The van der Waals surface area contributed by atoms with Crippen LogP contribution in [-0.2, 0) is 12.8 Å². The van der Waals surface area contributed by atoms with Crippen molar-refractivity contribution in [2.75, 3.05) is 6.54 Å². The zero-order valence-corrected chi connectivity index (χ0v) is 12.6. The highest BCUT2D eigenvalue weighted by Crippen LogP contribution is 2.26. The number of aromatic nitrogens is 2. The fourth-order valence-corrected chi connectivity index (χ4v) is 2.76. The summed E-state index contributed by atoms with van der Waals surface area (Å²) in [4.78, 5) is 4.86. The van der Waals surface area contributed by atoms with Crippen molar-refractivity contribution in [3.05, 3.63) is 59.4 Å². The number of hydrogen-bond donors (Lipinski definition) is 1. The average molecular weight is 279 g/mol. The molecule has 3 heteroatoms. The minimum absolute atomic E-state index is 0.627. The minimum atomic E-state index is 0.627. The van der Waals surface area contributed by atoms with Crippen molar-refractivity contribution >= 4 is 5.65 Å². The number of nitrogens with zero attached hydrogens (tertiary/aromatic N) is 2. The largest absolute Gasteiger partial charge is 0.330 e. The van der Waals surface area contributed by atoms with Gasteiger partial charge in [0.05, 0.1) is 11.4 Å². The number of fused-ring (bicyclic) bond motifs is 1. The molecule has 0 aliphatic heterocycles. The molecule has 0 fully saturated rings. The Hall–Kier alpha value is -2.13. The lowest BCUT2D eigenvalue weighted by Crippen LogP contribution is -2.06. The molecule has 21 heavy (non-hydrogen) atoms. The summed E-state index contributed by atoms with van der Waals surface area (Å²) in [5, 5.41) is 0. The Bertz CT molecular complexity index is 754. The third-order valence-corrected chi connectivity index (χ3v) is 3.96. The molecular weight excluding hydrogens is 258 g/mol. The van der Waals surface area contributed by atoms with E-state index in [1.807, 2.05) is 0 Å². The summed E-state index contributed by atoms with van der Waals surface area (Å²) in [6.07, 6.45) is 3.96. The highest BCUT2D eigenvalue weighted by atomic mass is 15.0. The number of imidazole rings is 1. The van der Waals surface area contributed by atoms with Crippen molar-refractivity contribution in [1.29, 1.82) is 0 Å². The Morgan fingerprint density at radius 1 is 1.14 bits per heavy atom. The highest BCUT2D eigenvalue weighted by Gasteiger charge is 2.14. The second-order valence-corrected chi connectivity index (χ2v) is 5.38. The van der Waals surface area contributed by atoms with Crippen LogP contribution in [0.4, 0.5) is 0 Å². The first-order chi connectivity index (χ1) is 10.2. The van der Waals surface area contributed by atoms with E-state index in [0.29, 0.717) is 6.54 Å². The summed E-state index contributed by atoms with van der Waals surface area (Å²) < 4.78 is 2.17. The van der Waals surface area contributed by atoms with Crippen molar-refractivity contribution < 1.29 is 0 Å². The van der Waals surface area contributed by atoms with E-state index < -0.39 is 0 Å². The van der Waals surface area contributed by atoms with Gasteiger partial charge in [-0.3, -0.25) is 0 Å². The zero-order chi connectivity index (χ0) is 14.8. The topological polar surface area (TPSA) is 43.3 Å². The molecule has 0 saturated heterocycles. The molecule has 108 valence electrons. The van der Waals surface area contributed by atoms with E-state index in [9.17, 15) is 0 Å². The van der Waals surface area contributed by atoms with Gasteiger partial charge >= 0.3 is 0 Å². The number of pyridine rings is 1. The molecule has 2 heterocycles. The molecule has 0 atom stereocenters. The molecule has 0 saturated carbocycles. The number of aryl methyl sites for hydroxylation is 2. The number of benzene rings is 1. The summed E-state index contributed by atoms with van der Waals surface area (Å²) >= 11 is 0. The standard InChI is InChI=1S/C18H21N3/c1-3-14-6-8-15(9-7-14)17-16(10-11-19)21-12-4-5-13(2)18(21)20-17/h4-9,12H,3,10-11,19H2,1-2H3. The van der Waals surface area contributed by atoms with Gasteiger partial charge in [-0.2, -0.15) is 0 Å². The van der Waals surface area contributed by atoms with E-state index >= 15 is 0 Å². The predicted molar refractivity (Wildman–Crippen MR) is 87.5 cm³/mol. The molecule has 3 aromatic rings. The van der Waals surface area contributed by atoms with Crippen molar-refractivity contribution in [2.45, 2.75) is 26.7 Å². The molecule has 0 amide bonds. The normalized spacial score (nSPS) is 11.2. The van der Waals surface area contributed by atoms with Gasteiger partial charge in [0.1, 0.15) is 5.65 Å².